The van der Waals surface area contributed by atoms with Crippen molar-refractivity contribution < 1.29 is 13.2 Å². The minimum atomic E-state index is -3.64. The van der Waals surface area contributed by atoms with Crippen LogP contribution in [0.3, 0.4) is 0 Å². The molecule has 1 aromatic carbocycles. The third-order valence-corrected chi connectivity index (χ3v) is 4.16. The number of hydrogen-bond donors (Lipinski definition) is 2. The molecule has 0 spiro atoms. The Bertz CT molecular complexity index is 517. The van der Waals surface area contributed by atoms with Crippen LogP contribution in [0.25, 0.3) is 0 Å². The van der Waals surface area contributed by atoms with Gasteiger partial charge in [0.15, 0.2) is 0 Å². The molecule has 0 fully saturated rings. The topological polar surface area (TPSA) is 81.4 Å². The zero-order valence-electron chi connectivity index (χ0n) is 12.8. The lowest BCUT2D eigenvalue weighted by Crippen LogP contribution is -2.21. The third kappa shape index (κ3) is 7.04. The Morgan fingerprint density at radius 3 is 2.67 bits per heavy atom. The summed E-state index contributed by atoms with van der Waals surface area (Å²) in [4.78, 5) is 0.150. The van der Waals surface area contributed by atoms with Gasteiger partial charge in [0.25, 0.3) is 0 Å². The smallest absolute Gasteiger partial charge is 0.238 e. The quantitative estimate of drug-likeness (QED) is 0.649. The average Bonchev–Trinajstić information content (AvgIpc) is 2.45. The van der Waals surface area contributed by atoms with E-state index in [9.17, 15) is 8.42 Å². The van der Waals surface area contributed by atoms with Gasteiger partial charge in [0.2, 0.25) is 10.0 Å². The highest BCUT2D eigenvalue weighted by molar-refractivity contribution is 7.89. The van der Waals surface area contributed by atoms with Crippen LogP contribution in [0, 0.1) is 0 Å². The van der Waals surface area contributed by atoms with E-state index in [4.69, 9.17) is 9.88 Å². The lowest BCUT2D eigenvalue weighted by atomic mass is 10.1. The zero-order valence-corrected chi connectivity index (χ0v) is 13.7. The predicted octanol–water partition coefficient (Wildman–Crippen LogP) is 2.19. The minimum absolute atomic E-state index is 0.0716. The molecule has 0 aromatic heterocycles. The fourth-order valence-electron chi connectivity index (χ4n) is 1.92. The molecule has 1 atom stereocenters. The summed E-state index contributed by atoms with van der Waals surface area (Å²) in [6.07, 6.45) is 3.18. The van der Waals surface area contributed by atoms with Crippen molar-refractivity contribution in [2.24, 2.45) is 5.14 Å². The number of ether oxygens (including phenoxy) is 1. The highest BCUT2D eigenvalue weighted by atomic mass is 32.2. The number of primary sulfonamides is 1. The molecule has 1 unspecified atom stereocenters. The zero-order chi connectivity index (χ0) is 15.7. The molecular formula is C15H26N2O3S. The fraction of sp³-hybridized carbons (Fsp3) is 0.600. The first-order valence-electron chi connectivity index (χ1n) is 7.39. The number of rotatable bonds is 10. The van der Waals surface area contributed by atoms with E-state index in [2.05, 4.69) is 12.2 Å². The van der Waals surface area contributed by atoms with Crippen LogP contribution < -0.4 is 10.5 Å². The summed E-state index contributed by atoms with van der Waals surface area (Å²) in [5.41, 5.74) is 0.911. The van der Waals surface area contributed by atoms with Crippen molar-refractivity contribution in [1.82, 2.24) is 5.32 Å². The molecule has 0 aliphatic heterocycles. The number of sulfonamides is 1. The summed E-state index contributed by atoms with van der Waals surface area (Å²) in [5, 5.41) is 8.49. The van der Waals surface area contributed by atoms with E-state index in [0.717, 1.165) is 44.6 Å². The number of nitrogens with one attached hydrogen (secondary N) is 1. The predicted molar refractivity (Wildman–Crippen MR) is 84.6 cm³/mol. The molecule has 120 valence electrons. The second kappa shape index (κ2) is 9.15. The van der Waals surface area contributed by atoms with Gasteiger partial charge in [-0.15, -0.1) is 0 Å². The molecule has 0 saturated carbocycles. The Kier molecular flexibility index (Phi) is 7.88. The molecule has 3 N–H and O–H groups in total. The van der Waals surface area contributed by atoms with Gasteiger partial charge in [0.1, 0.15) is 0 Å². The summed E-state index contributed by atoms with van der Waals surface area (Å²) in [7, 11) is -3.64. The van der Waals surface area contributed by atoms with Crippen LogP contribution in [0.1, 0.15) is 44.7 Å². The van der Waals surface area contributed by atoms with Gasteiger partial charge in [-0.25, -0.2) is 13.6 Å². The first-order chi connectivity index (χ1) is 9.95. The molecule has 6 heteroatoms. The first-order valence-corrected chi connectivity index (χ1v) is 8.93. The van der Waals surface area contributed by atoms with Crippen LogP contribution in [0.2, 0.25) is 0 Å². The van der Waals surface area contributed by atoms with Crippen molar-refractivity contribution in [1.29, 1.82) is 0 Å². The average molecular weight is 314 g/mol. The second-order valence-electron chi connectivity index (χ2n) is 5.11. The van der Waals surface area contributed by atoms with Gasteiger partial charge < -0.3 is 10.1 Å². The van der Waals surface area contributed by atoms with E-state index in [1.165, 1.54) is 6.07 Å². The minimum Gasteiger partial charge on any atom is -0.381 e. The molecule has 0 aliphatic rings. The fourth-order valence-corrected chi connectivity index (χ4v) is 2.49. The lowest BCUT2D eigenvalue weighted by Gasteiger charge is -2.15. The van der Waals surface area contributed by atoms with E-state index in [-0.39, 0.29) is 10.9 Å². The maximum absolute atomic E-state index is 11.3. The van der Waals surface area contributed by atoms with Crippen LogP contribution in [0.4, 0.5) is 0 Å². The maximum Gasteiger partial charge on any atom is 0.238 e. The van der Waals surface area contributed by atoms with Crippen LogP contribution in [0.5, 0.6) is 0 Å². The van der Waals surface area contributed by atoms with Crippen LogP contribution >= 0.6 is 0 Å². The molecule has 0 heterocycles. The van der Waals surface area contributed by atoms with Gasteiger partial charge >= 0.3 is 0 Å². The SMILES string of the molecule is CCCCOCCCNC(C)c1cccc(S(N)(=O)=O)c1. The van der Waals surface area contributed by atoms with Crippen molar-refractivity contribution in [2.45, 2.75) is 44.0 Å². The highest BCUT2D eigenvalue weighted by Gasteiger charge is 2.11. The number of benzene rings is 1. The summed E-state index contributed by atoms with van der Waals surface area (Å²) in [5.74, 6) is 0. The Morgan fingerprint density at radius 1 is 1.29 bits per heavy atom. The Balaban J connectivity index is 2.37. The Labute approximate surface area is 127 Å². The van der Waals surface area contributed by atoms with Gasteiger partial charge in [-0.2, -0.15) is 0 Å². The second-order valence-corrected chi connectivity index (χ2v) is 6.67. The lowest BCUT2D eigenvalue weighted by molar-refractivity contribution is 0.128. The van der Waals surface area contributed by atoms with Gasteiger partial charge in [-0.1, -0.05) is 25.5 Å². The summed E-state index contributed by atoms with van der Waals surface area (Å²) >= 11 is 0. The first kappa shape index (κ1) is 18.1. The van der Waals surface area contributed by atoms with E-state index in [1.807, 2.05) is 13.0 Å². The summed E-state index contributed by atoms with van der Waals surface area (Å²) in [6.45, 7) is 6.54. The van der Waals surface area contributed by atoms with E-state index >= 15 is 0 Å². The monoisotopic (exact) mass is 314 g/mol. The van der Waals surface area contributed by atoms with Crippen molar-refractivity contribution in [3.8, 4) is 0 Å². The van der Waals surface area contributed by atoms with Crippen molar-refractivity contribution in [3.05, 3.63) is 29.8 Å². The van der Waals surface area contributed by atoms with Crippen LogP contribution in [0.15, 0.2) is 29.2 Å². The number of nitrogens with two attached hydrogens (primary N) is 1. The maximum atomic E-state index is 11.3. The van der Waals surface area contributed by atoms with Gasteiger partial charge in [-0.05, 0) is 44.0 Å². The molecule has 0 bridgehead atoms. The van der Waals surface area contributed by atoms with E-state index < -0.39 is 10.0 Å². The molecule has 0 saturated heterocycles. The Hall–Kier alpha value is -0.950. The van der Waals surface area contributed by atoms with E-state index in [1.54, 1.807) is 12.1 Å². The van der Waals surface area contributed by atoms with Crippen molar-refractivity contribution in [2.75, 3.05) is 19.8 Å². The Morgan fingerprint density at radius 2 is 2.00 bits per heavy atom. The molecule has 1 aromatic rings. The molecule has 0 amide bonds. The molecule has 21 heavy (non-hydrogen) atoms. The van der Waals surface area contributed by atoms with Gasteiger partial charge in [0.05, 0.1) is 4.90 Å². The number of unbranched alkanes of at least 4 members (excludes halogenated alkanes) is 1. The largest absolute Gasteiger partial charge is 0.381 e. The normalized spacial score (nSPS) is 13.3. The summed E-state index contributed by atoms with van der Waals surface area (Å²) < 4.78 is 28.2. The molecule has 0 radical (unpaired) electrons. The van der Waals surface area contributed by atoms with E-state index in [0.29, 0.717) is 0 Å². The van der Waals surface area contributed by atoms with Crippen molar-refractivity contribution >= 4 is 10.0 Å². The standard InChI is InChI=1S/C15H26N2O3S/c1-3-4-10-20-11-6-9-17-13(2)14-7-5-8-15(12-14)21(16,18)19/h5,7-8,12-13,17H,3-4,6,9-11H2,1-2H3,(H2,16,18,19). The highest BCUT2D eigenvalue weighted by Crippen LogP contribution is 2.16. The van der Waals surface area contributed by atoms with Crippen molar-refractivity contribution in [3.63, 3.8) is 0 Å². The summed E-state index contributed by atoms with van der Waals surface area (Å²) in [6, 6.07) is 6.80. The van der Waals surface area contributed by atoms with Crippen LogP contribution in [-0.2, 0) is 14.8 Å². The molecular weight excluding hydrogens is 288 g/mol. The molecule has 5 nitrogen and oxygen atoms in total. The van der Waals surface area contributed by atoms with Gasteiger partial charge in [-0.3, -0.25) is 0 Å². The third-order valence-electron chi connectivity index (χ3n) is 3.24. The van der Waals surface area contributed by atoms with Gasteiger partial charge in [0, 0.05) is 19.3 Å². The molecule has 1 rings (SSSR count). The van der Waals surface area contributed by atoms with Crippen LogP contribution in [-0.4, -0.2) is 28.2 Å². The molecule has 0 aliphatic carbocycles. The number of hydrogen-bond acceptors (Lipinski definition) is 4.